The number of rotatable bonds is 8. The molecule has 1 amide bonds. The van der Waals surface area contributed by atoms with Crippen molar-refractivity contribution in [2.24, 2.45) is 0 Å². The van der Waals surface area contributed by atoms with Gasteiger partial charge in [-0.3, -0.25) is 4.79 Å². The van der Waals surface area contributed by atoms with Crippen LogP contribution in [0.25, 0.3) is 16.9 Å². The lowest BCUT2D eigenvalue weighted by Gasteiger charge is -2.11. The van der Waals surface area contributed by atoms with Crippen molar-refractivity contribution in [3.63, 3.8) is 0 Å². The number of carbonyl (C=O) groups is 1. The molecule has 0 aliphatic carbocycles. The van der Waals surface area contributed by atoms with Gasteiger partial charge in [0.25, 0.3) is 5.91 Å². The molecular formula is C24H24Cl2N6O. The Morgan fingerprint density at radius 3 is 2.70 bits per heavy atom. The summed E-state index contributed by atoms with van der Waals surface area (Å²) < 4.78 is 1.76. The predicted octanol–water partition coefficient (Wildman–Crippen LogP) is 4.61. The molecule has 0 atom stereocenters. The molecule has 0 unspecified atom stereocenters. The van der Waals surface area contributed by atoms with Crippen molar-refractivity contribution in [3.8, 4) is 11.3 Å². The molecule has 170 valence electrons. The molecule has 33 heavy (non-hydrogen) atoms. The lowest BCUT2D eigenvalue weighted by atomic mass is 10.1. The Kier molecular flexibility index (Phi) is 7.13. The van der Waals surface area contributed by atoms with Crippen LogP contribution < -0.4 is 10.6 Å². The van der Waals surface area contributed by atoms with E-state index in [4.69, 9.17) is 23.2 Å². The number of aromatic nitrogens is 3. The second-order valence-corrected chi connectivity index (χ2v) is 8.69. The molecule has 0 saturated carbocycles. The molecule has 2 aromatic carbocycles. The molecule has 7 nitrogen and oxygen atoms in total. The highest BCUT2D eigenvalue weighted by Gasteiger charge is 2.12. The Morgan fingerprint density at radius 1 is 1.06 bits per heavy atom. The van der Waals surface area contributed by atoms with E-state index in [0.717, 1.165) is 23.4 Å². The molecule has 0 bridgehead atoms. The van der Waals surface area contributed by atoms with Crippen molar-refractivity contribution in [2.75, 3.05) is 32.5 Å². The number of imidazole rings is 1. The van der Waals surface area contributed by atoms with Gasteiger partial charge in [0.1, 0.15) is 5.82 Å². The van der Waals surface area contributed by atoms with Crippen molar-refractivity contribution in [2.45, 2.75) is 6.54 Å². The van der Waals surface area contributed by atoms with Crippen LogP contribution in [0.3, 0.4) is 0 Å². The average molecular weight is 483 g/mol. The quantitative estimate of drug-likeness (QED) is 0.383. The Bertz CT molecular complexity index is 1290. The molecule has 4 aromatic rings. The van der Waals surface area contributed by atoms with Crippen molar-refractivity contribution < 1.29 is 4.79 Å². The minimum absolute atomic E-state index is 0.107. The van der Waals surface area contributed by atoms with E-state index < -0.39 is 0 Å². The molecule has 0 fully saturated rings. The highest BCUT2D eigenvalue weighted by atomic mass is 35.5. The summed E-state index contributed by atoms with van der Waals surface area (Å²) in [6.45, 7) is 1.91. The van der Waals surface area contributed by atoms with Crippen LogP contribution in [0.2, 0.25) is 10.0 Å². The topological polar surface area (TPSA) is 74.6 Å². The first-order valence-electron chi connectivity index (χ1n) is 10.5. The number of hydrogen-bond acceptors (Lipinski definition) is 5. The third-order valence-corrected chi connectivity index (χ3v) is 5.82. The van der Waals surface area contributed by atoms with Gasteiger partial charge in [-0.25, -0.2) is 9.50 Å². The van der Waals surface area contributed by atoms with Crippen molar-refractivity contribution >= 4 is 40.6 Å². The number of halogens is 2. The van der Waals surface area contributed by atoms with Gasteiger partial charge < -0.3 is 15.5 Å². The highest BCUT2D eigenvalue weighted by molar-refractivity contribution is 6.42. The van der Waals surface area contributed by atoms with E-state index in [1.165, 1.54) is 0 Å². The van der Waals surface area contributed by atoms with E-state index in [9.17, 15) is 4.79 Å². The summed E-state index contributed by atoms with van der Waals surface area (Å²) in [6, 6.07) is 16.7. The molecule has 2 heterocycles. The maximum absolute atomic E-state index is 12.5. The fourth-order valence-electron chi connectivity index (χ4n) is 3.32. The van der Waals surface area contributed by atoms with Gasteiger partial charge in [0.2, 0.25) is 0 Å². The van der Waals surface area contributed by atoms with Crippen LogP contribution in [0.1, 0.15) is 15.9 Å². The van der Waals surface area contributed by atoms with Crippen molar-refractivity contribution in [1.29, 1.82) is 0 Å². The van der Waals surface area contributed by atoms with E-state index >= 15 is 0 Å². The molecule has 0 aliphatic rings. The van der Waals surface area contributed by atoms with Crippen molar-refractivity contribution in [3.05, 3.63) is 82.0 Å². The molecule has 4 rings (SSSR count). The monoisotopic (exact) mass is 482 g/mol. The molecule has 2 aromatic heterocycles. The van der Waals surface area contributed by atoms with Gasteiger partial charge in [-0.2, -0.15) is 0 Å². The molecule has 0 aliphatic heterocycles. The number of carbonyl (C=O) groups excluding carboxylic acids is 1. The van der Waals surface area contributed by atoms with Crippen LogP contribution in [0.4, 0.5) is 5.82 Å². The minimum atomic E-state index is -0.107. The largest absolute Gasteiger partial charge is 0.365 e. The number of anilines is 1. The normalized spacial score (nSPS) is 11.2. The van der Waals surface area contributed by atoms with Crippen LogP contribution in [0.5, 0.6) is 0 Å². The van der Waals surface area contributed by atoms with Gasteiger partial charge in [-0.1, -0.05) is 41.4 Å². The zero-order chi connectivity index (χ0) is 23.4. The van der Waals surface area contributed by atoms with Crippen LogP contribution in [0, 0.1) is 0 Å². The zero-order valence-corrected chi connectivity index (χ0v) is 19.9. The molecule has 2 N–H and O–H groups in total. The SMILES string of the molecule is CN(C)CCNC(=O)c1cccc(-c2cnc3ccc(NCc4ccc(Cl)c(Cl)c4)nn23)c1. The second kappa shape index (κ2) is 10.2. The third-order valence-electron chi connectivity index (χ3n) is 5.09. The van der Waals surface area contributed by atoms with E-state index in [0.29, 0.717) is 40.2 Å². The van der Waals surface area contributed by atoms with Gasteiger partial charge in [0, 0.05) is 30.8 Å². The smallest absolute Gasteiger partial charge is 0.251 e. The lowest BCUT2D eigenvalue weighted by molar-refractivity contribution is 0.0951. The summed E-state index contributed by atoms with van der Waals surface area (Å²) in [5.41, 5.74) is 3.95. The standard InChI is InChI=1S/C24H24Cl2N6O/c1-31(2)11-10-27-24(33)18-5-3-4-17(13-18)21-15-29-23-9-8-22(30-32(21)23)28-14-16-6-7-19(25)20(26)12-16/h3-9,12-13,15H,10-11,14H2,1-2H3,(H,27,33)(H,28,30). The van der Waals surface area contributed by atoms with Crippen LogP contribution in [-0.4, -0.2) is 52.6 Å². The Hall–Kier alpha value is -3.13. The molecular weight excluding hydrogens is 459 g/mol. The number of likely N-dealkylation sites (N-methyl/N-ethyl adjacent to an activating group) is 1. The number of fused-ring (bicyclic) bond motifs is 1. The average Bonchev–Trinajstić information content (AvgIpc) is 3.23. The summed E-state index contributed by atoms with van der Waals surface area (Å²) in [5.74, 6) is 0.579. The van der Waals surface area contributed by atoms with E-state index in [1.54, 1.807) is 22.8 Å². The Balaban J connectivity index is 1.53. The first kappa shape index (κ1) is 23.0. The maximum Gasteiger partial charge on any atom is 0.251 e. The number of amides is 1. The number of nitrogens with zero attached hydrogens (tertiary/aromatic N) is 4. The van der Waals surface area contributed by atoms with E-state index in [2.05, 4.69) is 20.7 Å². The highest BCUT2D eigenvalue weighted by Crippen LogP contribution is 2.24. The summed E-state index contributed by atoms with van der Waals surface area (Å²) in [5, 5.41) is 12.0. The van der Waals surface area contributed by atoms with Crippen LogP contribution in [0.15, 0.2) is 60.8 Å². The van der Waals surface area contributed by atoms with Crippen molar-refractivity contribution in [1.82, 2.24) is 24.8 Å². The summed E-state index contributed by atoms with van der Waals surface area (Å²) in [6.07, 6.45) is 1.76. The predicted molar refractivity (Wildman–Crippen MR) is 133 cm³/mol. The molecule has 0 saturated heterocycles. The third kappa shape index (κ3) is 5.63. The first-order chi connectivity index (χ1) is 15.9. The number of nitrogens with one attached hydrogen (secondary N) is 2. The Morgan fingerprint density at radius 2 is 1.91 bits per heavy atom. The summed E-state index contributed by atoms with van der Waals surface area (Å²) >= 11 is 12.1. The molecule has 9 heteroatoms. The summed E-state index contributed by atoms with van der Waals surface area (Å²) in [7, 11) is 3.94. The van der Waals surface area contributed by atoms with Gasteiger partial charge in [-0.05, 0) is 56.1 Å². The first-order valence-corrected chi connectivity index (χ1v) is 11.2. The molecule has 0 radical (unpaired) electrons. The fourth-order valence-corrected chi connectivity index (χ4v) is 3.64. The maximum atomic E-state index is 12.5. The van der Waals surface area contributed by atoms with Gasteiger partial charge in [-0.15, -0.1) is 5.10 Å². The Labute approximate surface area is 202 Å². The molecule has 0 spiro atoms. The fraction of sp³-hybridized carbons (Fsp3) is 0.208. The lowest BCUT2D eigenvalue weighted by Crippen LogP contribution is -2.31. The van der Waals surface area contributed by atoms with E-state index in [1.807, 2.05) is 61.5 Å². The zero-order valence-electron chi connectivity index (χ0n) is 18.3. The second-order valence-electron chi connectivity index (χ2n) is 7.87. The minimum Gasteiger partial charge on any atom is -0.365 e. The number of hydrogen-bond donors (Lipinski definition) is 2. The van der Waals surface area contributed by atoms with Gasteiger partial charge in [0.15, 0.2) is 5.65 Å². The van der Waals surface area contributed by atoms with Gasteiger partial charge >= 0.3 is 0 Å². The van der Waals surface area contributed by atoms with Crippen LogP contribution in [-0.2, 0) is 6.54 Å². The summed E-state index contributed by atoms with van der Waals surface area (Å²) in [4.78, 5) is 19.0. The van der Waals surface area contributed by atoms with Crippen LogP contribution >= 0.6 is 23.2 Å². The van der Waals surface area contributed by atoms with E-state index in [-0.39, 0.29) is 5.91 Å². The number of benzene rings is 2. The van der Waals surface area contributed by atoms with Gasteiger partial charge in [0.05, 0.1) is 21.9 Å².